The fourth-order valence-electron chi connectivity index (χ4n) is 4.35. The van der Waals surface area contributed by atoms with Crippen molar-refractivity contribution < 1.29 is 9.53 Å². The summed E-state index contributed by atoms with van der Waals surface area (Å²) in [7, 11) is -1.16. The number of aromatic nitrogens is 1. The van der Waals surface area contributed by atoms with Crippen LogP contribution < -0.4 is 11.1 Å². The molecule has 4 rings (SSSR count). The van der Waals surface area contributed by atoms with Crippen LogP contribution in [0.3, 0.4) is 0 Å². The summed E-state index contributed by atoms with van der Waals surface area (Å²) in [4.78, 5) is 17.6. The number of carbonyl (C=O) groups is 1. The van der Waals surface area contributed by atoms with Gasteiger partial charge in [-0.2, -0.15) is 0 Å². The Kier molecular flexibility index (Phi) is 4.35. The molecule has 1 spiro atoms. The first kappa shape index (κ1) is 18.2. The molecule has 1 amide bonds. The first-order valence-electron chi connectivity index (χ1n) is 9.54. The monoisotopic (exact) mass is 381 g/mol. The third-order valence-electron chi connectivity index (χ3n) is 5.81. The van der Waals surface area contributed by atoms with E-state index in [9.17, 15) is 4.79 Å². The topological polar surface area (TPSA) is 77.2 Å². The average molecular weight is 382 g/mol. The summed E-state index contributed by atoms with van der Waals surface area (Å²) < 4.78 is 6.13. The molecule has 2 aromatic rings. The number of pyridine rings is 1. The molecule has 142 valence electrons. The summed E-state index contributed by atoms with van der Waals surface area (Å²) in [5, 5.41) is 2.99. The smallest absolute Gasteiger partial charge is 0.237 e. The summed E-state index contributed by atoms with van der Waals surface area (Å²) >= 11 is 0. The summed E-state index contributed by atoms with van der Waals surface area (Å²) in [5.41, 5.74) is 9.38. The lowest BCUT2D eigenvalue weighted by Gasteiger charge is -2.30. The number of nitrogens with two attached hydrogens (primary N) is 1. The number of nitrogens with one attached hydrogen (secondary N) is 1. The van der Waals surface area contributed by atoms with Crippen molar-refractivity contribution >= 4 is 25.5 Å². The van der Waals surface area contributed by atoms with Crippen molar-refractivity contribution in [3.63, 3.8) is 0 Å². The molecule has 2 unspecified atom stereocenters. The Bertz CT molecular complexity index is 893. The van der Waals surface area contributed by atoms with E-state index in [1.807, 2.05) is 24.3 Å². The van der Waals surface area contributed by atoms with Gasteiger partial charge in [0.2, 0.25) is 5.91 Å². The van der Waals surface area contributed by atoms with Gasteiger partial charge in [0.25, 0.3) is 0 Å². The van der Waals surface area contributed by atoms with Crippen LogP contribution in [-0.4, -0.2) is 32.2 Å². The SMILES string of the molecule is C[Si](C)(C)CCOCC1c2ccc(N)cc2CC12C(=O)Nc1ncccc12. The Morgan fingerprint density at radius 3 is 2.93 bits per heavy atom. The van der Waals surface area contributed by atoms with E-state index in [4.69, 9.17) is 10.5 Å². The van der Waals surface area contributed by atoms with Crippen LogP contribution in [0.25, 0.3) is 0 Å². The molecular weight excluding hydrogens is 354 g/mol. The minimum Gasteiger partial charge on any atom is -0.399 e. The molecule has 1 aromatic heterocycles. The molecule has 5 nitrogen and oxygen atoms in total. The van der Waals surface area contributed by atoms with Crippen LogP contribution in [-0.2, 0) is 21.4 Å². The van der Waals surface area contributed by atoms with Gasteiger partial charge in [0, 0.05) is 38.0 Å². The van der Waals surface area contributed by atoms with Gasteiger partial charge in [-0.05, 0) is 41.8 Å². The molecule has 2 atom stereocenters. The second kappa shape index (κ2) is 6.46. The van der Waals surface area contributed by atoms with Gasteiger partial charge in [-0.3, -0.25) is 4.79 Å². The quantitative estimate of drug-likeness (QED) is 0.472. The summed E-state index contributed by atoms with van der Waals surface area (Å²) in [6.07, 6.45) is 2.36. The van der Waals surface area contributed by atoms with Crippen molar-refractivity contribution in [2.45, 2.75) is 43.4 Å². The van der Waals surface area contributed by atoms with Crippen LogP contribution in [0, 0.1) is 0 Å². The predicted molar refractivity (Wildman–Crippen MR) is 111 cm³/mol. The van der Waals surface area contributed by atoms with Crippen molar-refractivity contribution in [1.29, 1.82) is 0 Å². The second-order valence-corrected chi connectivity index (χ2v) is 14.5. The van der Waals surface area contributed by atoms with Gasteiger partial charge >= 0.3 is 0 Å². The van der Waals surface area contributed by atoms with Crippen molar-refractivity contribution in [3.8, 4) is 0 Å². The Balaban J connectivity index is 1.69. The van der Waals surface area contributed by atoms with Crippen molar-refractivity contribution in [2.24, 2.45) is 0 Å². The summed E-state index contributed by atoms with van der Waals surface area (Å²) in [6, 6.07) is 11.0. The van der Waals surface area contributed by atoms with E-state index in [1.54, 1.807) is 6.20 Å². The van der Waals surface area contributed by atoms with Crippen LogP contribution >= 0.6 is 0 Å². The number of nitrogens with zero attached hydrogens (tertiary/aromatic N) is 1. The Morgan fingerprint density at radius 1 is 1.33 bits per heavy atom. The van der Waals surface area contributed by atoms with E-state index in [0.29, 0.717) is 18.8 Å². The van der Waals surface area contributed by atoms with Gasteiger partial charge in [-0.25, -0.2) is 4.98 Å². The highest BCUT2D eigenvalue weighted by atomic mass is 28.3. The molecule has 2 aliphatic rings. The van der Waals surface area contributed by atoms with Gasteiger partial charge in [-0.1, -0.05) is 31.8 Å². The highest BCUT2D eigenvalue weighted by Crippen LogP contribution is 2.54. The van der Waals surface area contributed by atoms with Crippen molar-refractivity contribution in [1.82, 2.24) is 4.98 Å². The number of carbonyl (C=O) groups excluding carboxylic acids is 1. The van der Waals surface area contributed by atoms with Crippen LogP contribution in [0.5, 0.6) is 0 Å². The zero-order chi connectivity index (χ0) is 19.2. The normalized spacial score (nSPS) is 23.4. The molecule has 27 heavy (non-hydrogen) atoms. The molecule has 0 radical (unpaired) electrons. The van der Waals surface area contributed by atoms with Crippen LogP contribution in [0.4, 0.5) is 11.5 Å². The molecule has 3 N–H and O–H groups in total. The number of anilines is 2. The van der Waals surface area contributed by atoms with Crippen molar-refractivity contribution in [3.05, 3.63) is 53.2 Å². The van der Waals surface area contributed by atoms with Gasteiger partial charge in [0.05, 0.1) is 12.0 Å². The molecular formula is C21H27N3O2Si. The number of nitrogen functional groups attached to an aromatic ring is 1. The van der Waals surface area contributed by atoms with Crippen molar-refractivity contribution in [2.75, 3.05) is 24.3 Å². The standard InChI is InChI=1S/C21H27N3O2Si/c1-27(2,3)10-9-26-13-18-16-7-6-15(22)11-14(16)12-21(18)17-5-4-8-23-19(17)24-20(21)25/h4-8,11,18H,9-10,12-13,22H2,1-3H3,(H,23,24,25). The number of benzene rings is 1. The van der Waals surface area contributed by atoms with E-state index >= 15 is 0 Å². The minimum atomic E-state index is -1.16. The fraction of sp³-hybridized carbons (Fsp3) is 0.429. The van der Waals surface area contributed by atoms with E-state index in [-0.39, 0.29) is 11.8 Å². The summed E-state index contributed by atoms with van der Waals surface area (Å²) in [5.74, 6) is 0.667. The Hall–Kier alpha value is -2.18. The second-order valence-electron chi connectivity index (χ2n) is 8.90. The van der Waals surface area contributed by atoms with Gasteiger partial charge in [-0.15, -0.1) is 0 Å². The van der Waals surface area contributed by atoms with E-state index in [1.165, 1.54) is 5.56 Å². The minimum absolute atomic E-state index is 0.0183. The summed E-state index contributed by atoms with van der Waals surface area (Å²) in [6.45, 7) is 8.31. The fourth-order valence-corrected chi connectivity index (χ4v) is 5.10. The number of fused-ring (bicyclic) bond motifs is 3. The lowest BCUT2D eigenvalue weighted by atomic mass is 9.72. The van der Waals surface area contributed by atoms with E-state index in [2.05, 4.69) is 36.0 Å². The van der Waals surface area contributed by atoms with Crippen LogP contribution in [0.2, 0.25) is 25.7 Å². The lowest BCUT2D eigenvalue weighted by molar-refractivity contribution is -0.122. The Morgan fingerprint density at radius 2 is 2.15 bits per heavy atom. The number of rotatable bonds is 5. The third-order valence-corrected chi connectivity index (χ3v) is 7.52. The molecule has 0 saturated heterocycles. The first-order chi connectivity index (χ1) is 12.8. The maximum absolute atomic E-state index is 13.2. The Labute approximate surface area is 161 Å². The van der Waals surface area contributed by atoms with E-state index < -0.39 is 13.5 Å². The number of hydrogen-bond acceptors (Lipinski definition) is 4. The molecule has 2 heterocycles. The van der Waals surface area contributed by atoms with Gasteiger partial charge in [0.1, 0.15) is 5.82 Å². The van der Waals surface area contributed by atoms with Gasteiger partial charge < -0.3 is 15.8 Å². The van der Waals surface area contributed by atoms with Crippen LogP contribution in [0.1, 0.15) is 22.6 Å². The molecule has 0 bridgehead atoms. The highest BCUT2D eigenvalue weighted by Gasteiger charge is 2.57. The number of ether oxygens (including phenoxy) is 1. The molecule has 1 aliphatic heterocycles. The largest absolute Gasteiger partial charge is 0.399 e. The lowest BCUT2D eigenvalue weighted by Crippen LogP contribution is -2.40. The first-order valence-corrected chi connectivity index (χ1v) is 13.2. The predicted octanol–water partition coefficient (Wildman–Crippen LogP) is 3.55. The third kappa shape index (κ3) is 3.06. The maximum Gasteiger partial charge on any atom is 0.237 e. The zero-order valence-electron chi connectivity index (χ0n) is 16.2. The molecule has 0 fully saturated rings. The van der Waals surface area contributed by atoms with Gasteiger partial charge in [0.15, 0.2) is 0 Å². The molecule has 1 aliphatic carbocycles. The van der Waals surface area contributed by atoms with E-state index in [0.717, 1.165) is 29.5 Å². The molecule has 1 aromatic carbocycles. The van der Waals surface area contributed by atoms with Crippen LogP contribution in [0.15, 0.2) is 36.5 Å². The maximum atomic E-state index is 13.2. The molecule has 0 saturated carbocycles. The number of hydrogen-bond donors (Lipinski definition) is 2. The number of amides is 1. The zero-order valence-corrected chi connectivity index (χ0v) is 17.2. The average Bonchev–Trinajstić information content (AvgIpc) is 3.06. The molecule has 6 heteroatoms. The highest BCUT2D eigenvalue weighted by molar-refractivity contribution is 6.76.